The molecule has 0 amide bonds. The summed E-state index contributed by atoms with van der Waals surface area (Å²) in [7, 11) is 0. The van der Waals surface area contributed by atoms with Crippen LogP contribution in [0.15, 0.2) is 0 Å². The molecule has 1 aliphatic rings. The van der Waals surface area contributed by atoms with Crippen LogP contribution in [0, 0.1) is 0 Å². The van der Waals surface area contributed by atoms with Crippen molar-refractivity contribution in [2.24, 2.45) is 0 Å². The summed E-state index contributed by atoms with van der Waals surface area (Å²) in [5, 5.41) is 3.63. The van der Waals surface area contributed by atoms with Gasteiger partial charge in [0.1, 0.15) is 0 Å². The Hall–Kier alpha value is -0.0400. The lowest BCUT2D eigenvalue weighted by molar-refractivity contribution is 0.417. The van der Waals surface area contributed by atoms with Crippen LogP contribution in [0.4, 0.5) is 0 Å². The van der Waals surface area contributed by atoms with Gasteiger partial charge in [0.2, 0.25) is 0 Å². The first-order valence-electron chi connectivity index (χ1n) is 4.42. The first kappa shape index (κ1) is 8.06. The molecular weight excluding hydrogens is 122 g/mol. The van der Waals surface area contributed by atoms with E-state index in [0.717, 1.165) is 6.04 Å². The van der Waals surface area contributed by atoms with Crippen molar-refractivity contribution in [1.82, 2.24) is 5.32 Å². The summed E-state index contributed by atoms with van der Waals surface area (Å²) in [4.78, 5) is 0. The minimum absolute atomic E-state index is 0.417. The molecule has 1 N–H and O–H groups in total. The van der Waals surface area contributed by atoms with Crippen molar-refractivity contribution in [1.29, 1.82) is 0 Å². The molecule has 1 fully saturated rings. The van der Waals surface area contributed by atoms with E-state index in [1.54, 1.807) is 0 Å². The van der Waals surface area contributed by atoms with Gasteiger partial charge in [-0.05, 0) is 33.1 Å². The summed E-state index contributed by atoms with van der Waals surface area (Å²) in [5.74, 6) is 0. The van der Waals surface area contributed by atoms with E-state index in [-0.39, 0.29) is 0 Å². The van der Waals surface area contributed by atoms with Gasteiger partial charge < -0.3 is 5.32 Å². The molecule has 60 valence electrons. The Morgan fingerprint density at radius 3 is 2.60 bits per heavy atom. The highest BCUT2D eigenvalue weighted by Gasteiger charge is 2.28. The van der Waals surface area contributed by atoms with E-state index >= 15 is 0 Å². The summed E-state index contributed by atoms with van der Waals surface area (Å²) in [6.45, 7) is 6.85. The van der Waals surface area contributed by atoms with E-state index < -0.39 is 0 Å². The van der Waals surface area contributed by atoms with E-state index in [2.05, 4.69) is 26.1 Å². The molecule has 1 nitrogen and oxygen atoms in total. The molecule has 1 atom stereocenters. The second-order valence-corrected chi connectivity index (χ2v) is 4.05. The highest BCUT2D eigenvalue weighted by molar-refractivity contribution is 4.90. The van der Waals surface area contributed by atoms with Crippen molar-refractivity contribution in [3.63, 3.8) is 0 Å². The third-order valence-electron chi connectivity index (χ3n) is 2.35. The first-order valence-corrected chi connectivity index (χ1v) is 4.42. The maximum atomic E-state index is 3.63. The van der Waals surface area contributed by atoms with E-state index in [0.29, 0.717) is 5.54 Å². The van der Waals surface area contributed by atoms with Crippen molar-refractivity contribution in [3.8, 4) is 0 Å². The van der Waals surface area contributed by atoms with Crippen molar-refractivity contribution >= 4 is 0 Å². The van der Waals surface area contributed by atoms with Crippen LogP contribution in [0.2, 0.25) is 0 Å². The number of nitrogens with one attached hydrogen (secondary N) is 1. The van der Waals surface area contributed by atoms with E-state index in [1.165, 1.54) is 25.7 Å². The van der Waals surface area contributed by atoms with Crippen LogP contribution >= 0.6 is 0 Å². The van der Waals surface area contributed by atoms with Gasteiger partial charge in [-0.1, -0.05) is 13.3 Å². The largest absolute Gasteiger partial charge is 0.309 e. The van der Waals surface area contributed by atoms with Crippen LogP contribution in [0.3, 0.4) is 0 Å². The molecule has 1 unspecified atom stereocenters. The average Bonchev–Trinajstić information content (AvgIpc) is 2.12. The fraction of sp³-hybridized carbons (Fsp3) is 1.00. The Bertz CT molecular complexity index is 107. The number of hydrogen-bond donors (Lipinski definition) is 1. The van der Waals surface area contributed by atoms with Gasteiger partial charge in [-0.2, -0.15) is 0 Å². The van der Waals surface area contributed by atoms with Gasteiger partial charge in [-0.15, -0.1) is 0 Å². The molecule has 1 aliphatic heterocycles. The second-order valence-electron chi connectivity index (χ2n) is 4.05. The fourth-order valence-electron chi connectivity index (χ4n) is 1.80. The van der Waals surface area contributed by atoms with Crippen molar-refractivity contribution in [2.75, 3.05) is 0 Å². The van der Waals surface area contributed by atoms with Gasteiger partial charge in [0, 0.05) is 11.6 Å². The Kier molecular flexibility index (Phi) is 2.35. The van der Waals surface area contributed by atoms with Crippen LogP contribution in [0.1, 0.15) is 46.5 Å². The molecule has 0 aromatic carbocycles. The molecular formula is C9H19N. The van der Waals surface area contributed by atoms with E-state index in [1.807, 2.05) is 0 Å². The second kappa shape index (κ2) is 2.91. The Labute approximate surface area is 64.2 Å². The molecule has 0 bridgehead atoms. The molecule has 0 spiro atoms. The lowest BCUT2D eigenvalue weighted by atomic mass is 10.0. The fourth-order valence-corrected chi connectivity index (χ4v) is 1.80. The minimum atomic E-state index is 0.417. The zero-order valence-corrected chi connectivity index (χ0v) is 7.41. The zero-order chi connectivity index (χ0) is 7.61. The topological polar surface area (TPSA) is 12.0 Å². The van der Waals surface area contributed by atoms with Crippen LogP contribution in [0.25, 0.3) is 0 Å². The van der Waals surface area contributed by atoms with Crippen molar-refractivity contribution in [3.05, 3.63) is 0 Å². The third-order valence-corrected chi connectivity index (χ3v) is 2.35. The minimum Gasteiger partial charge on any atom is -0.309 e. The lowest BCUT2D eigenvalue weighted by Crippen LogP contribution is -2.37. The smallest absolute Gasteiger partial charge is 0.0128 e. The normalized spacial score (nSPS) is 30.9. The molecule has 1 heteroatoms. The molecule has 0 aromatic heterocycles. The van der Waals surface area contributed by atoms with Gasteiger partial charge >= 0.3 is 0 Å². The van der Waals surface area contributed by atoms with Crippen LogP contribution in [0.5, 0.6) is 0 Å². The standard InChI is InChI=1S/C9H19N/c1-4-5-8-6-7-9(2,3)10-8/h8,10H,4-7H2,1-3H3. The Morgan fingerprint density at radius 2 is 2.20 bits per heavy atom. The summed E-state index contributed by atoms with van der Waals surface area (Å²) < 4.78 is 0. The van der Waals surface area contributed by atoms with Gasteiger partial charge in [0.25, 0.3) is 0 Å². The first-order chi connectivity index (χ1) is 4.64. The van der Waals surface area contributed by atoms with Crippen LogP contribution in [-0.4, -0.2) is 11.6 Å². The Morgan fingerprint density at radius 1 is 1.50 bits per heavy atom. The quantitative estimate of drug-likeness (QED) is 0.622. The van der Waals surface area contributed by atoms with E-state index in [4.69, 9.17) is 0 Å². The lowest BCUT2D eigenvalue weighted by Gasteiger charge is -2.19. The SMILES string of the molecule is CCCC1CCC(C)(C)N1. The average molecular weight is 141 g/mol. The van der Waals surface area contributed by atoms with Crippen LogP contribution < -0.4 is 5.32 Å². The molecule has 10 heavy (non-hydrogen) atoms. The summed E-state index contributed by atoms with van der Waals surface area (Å²) in [5.41, 5.74) is 0.417. The van der Waals surface area contributed by atoms with Gasteiger partial charge in [-0.3, -0.25) is 0 Å². The molecule has 0 radical (unpaired) electrons. The highest BCUT2D eigenvalue weighted by atomic mass is 15.0. The summed E-state index contributed by atoms with van der Waals surface area (Å²) in [6, 6.07) is 0.806. The highest BCUT2D eigenvalue weighted by Crippen LogP contribution is 2.24. The molecule has 1 saturated heterocycles. The maximum Gasteiger partial charge on any atom is 0.0128 e. The van der Waals surface area contributed by atoms with Gasteiger partial charge in [-0.25, -0.2) is 0 Å². The number of hydrogen-bond acceptors (Lipinski definition) is 1. The summed E-state index contributed by atoms with van der Waals surface area (Å²) in [6.07, 6.45) is 5.38. The van der Waals surface area contributed by atoms with Gasteiger partial charge in [0.15, 0.2) is 0 Å². The molecule has 0 saturated carbocycles. The Balaban J connectivity index is 2.29. The van der Waals surface area contributed by atoms with E-state index in [9.17, 15) is 0 Å². The van der Waals surface area contributed by atoms with Crippen LogP contribution in [-0.2, 0) is 0 Å². The maximum absolute atomic E-state index is 3.63. The number of rotatable bonds is 2. The zero-order valence-electron chi connectivity index (χ0n) is 7.41. The monoisotopic (exact) mass is 141 g/mol. The molecule has 1 heterocycles. The third kappa shape index (κ3) is 1.98. The molecule has 0 aliphatic carbocycles. The summed E-state index contributed by atoms with van der Waals surface area (Å²) >= 11 is 0. The predicted molar refractivity (Wildman–Crippen MR) is 45.1 cm³/mol. The molecule has 0 aromatic rings. The van der Waals surface area contributed by atoms with Crippen molar-refractivity contribution in [2.45, 2.75) is 58.0 Å². The van der Waals surface area contributed by atoms with Crippen molar-refractivity contribution < 1.29 is 0 Å². The predicted octanol–water partition coefficient (Wildman–Crippen LogP) is 2.32. The van der Waals surface area contributed by atoms with Gasteiger partial charge in [0.05, 0.1) is 0 Å². The molecule has 1 rings (SSSR count).